The number of pyridine rings is 1. The van der Waals surface area contributed by atoms with Crippen molar-refractivity contribution in [1.82, 2.24) is 14.6 Å². The normalized spacial score (nSPS) is 30.0. The Kier molecular flexibility index (Phi) is 3.39. The molecule has 2 aromatic rings. The first-order chi connectivity index (χ1) is 11.3. The summed E-state index contributed by atoms with van der Waals surface area (Å²) in [6.45, 7) is 0.873. The Labute approximate surface area is 144 Å². The van der Waals surface area contributed by atoms with Gasteiger partial charge in [0, 0.05) is 17.8 Å². The molecule has 2 aromatic heterocycles. The molecule has 3 fully saturated rings. The fraction of sp³-hybridized carbons (Fsp3) is 0.667. The summed E-state index contributed by atoms with van der Waals surface area (Å²) >= 11 is 3.47. The Balaban J connectivity index is 1.38. The lowest BCUT2D eigenvalue weighted by molar-refractivity contribution is 0.170. The molecule has 0 amide bonds. The Morgan fingerprint density at radius 1 is 1.09 bits per heavy atom. The number of halogens is 1. The summed E-state index contributed by atoms with van der Waals surface area (Å²) in [5, 5.41) is 8.32. The second kappa shape index (κ2) is 5.47. The third kappa shape index (κ3) is 2.67. The first kappa shape index (κ1) is 14.3. The standard InChI is InChI=1S/C18H22BrN3O/c19-18-21-20-17-8-16(15(9-22(17)18)14-3-4-14)23-10-13-6-11-1-2-12(5-11)7-13/h8-9,11-14H,1-7,10H2/t11-,12+,13+. The van der Waals surface area contributed by atoms with Gasteiger partial charge < -0.3 is 4.74 Å². The third-order valence-electron chi connectivity index (χ3n) is 5.97. The van der Waals surface area contributed by atoms with Gasteiger partial charge in [0.2, 0.25) is 4.73 Å². The molecule has 0 N–H and O–H groups in total. The molecule has 2 heterocycles. The SMILES string of the molecule is Brc1nnc2cc(OC[C@H]3C[C@@H]4CC[C@@H](C4)C3)c(C3CC3)cn12. The molecule has 0 aliphatic heterocycles. The lowest BCUT2D eigenvalue weighted by Gasteiger charge is -2.27. The lowest BCUT2D eigenvalue weighted by atomic mass is 9.81. The minimum absolute atomic E-state index is 0.659. The highest BCUT2D eigenvalue weighted by Gasteiger charge is 2.34. The maximum absolute atomic E-state index is 6.32. The average molecular weight is 376 g/mol. The van der Waals surface area contributed by atoms with Crippen LogP contribution in [0.4, 0.5) is 0 Å². The molecule has 3 aliphatic carbocycles. The van der Waals surface area contributed by atoms with Gasteiger partial charge in [-0.15, -0.1) is 10.2 Å². The smallest absolute Gasteiger partial charge is 0.204 e. The lowest BCUT2D eigenvalue weighted by Crippen LogP contribution is -2.22. The molecule has 0 unspecified atom stereocenters. The van der Waals surface area contributed by atoms with Crippen molar-refractivity contribution in [3.63, 3.8) is 0 Å². The number of rotatable bonds is 4. The van der Waals surface area contributed by atoms with Crippen LogP contribution in [0.3, 0.4) is 0 Å². The molecule has 5 heteroatoms. The number of hydrogen-bond acceptors (Lipinski definition) is 3. The summed E-state index contributed by atoms with van der Waals surface area (Å²) in [4.78, 5) is 0. The minimum atomic E-state index is 0.659. The number of hydrogen-bond donors (Lipinski definition) is 0. The van der Waals surface area contributed by atoms with E-state index in [1.54, 1.807) is 0 Å². The van der Waals surface area contributed by atoms with E-state index in [-0.39, 0.29) is 0 Å². The predicted molar refractivity (Wildman–Crippen MR) is 91.7 cm³/mol. The van der Waals surface area contributed by atoms with Gasteiger partial charge >= 0.3 is 0 Å². The molecule has 0 aromatic carbocycles. The van der Waals surface area contributed by atoms with Crippen molar-refractivity contribution in [3.8, 4) is 5.75 Å². The van der Waals surface area contributed by atoms with Crippen molar-refractivity contribution in [2.75, 3.05) is 6.61 Å². The van der Waals surface area contributed by atoms with Gasteiger partial charge in [-0.2, -0.15) is 0 Å². The van der Waals surface area contributed by atoms with Crippen molar-refractivity contribution in [3.05, 3.63) is 22.6 Å². The monoisotopic (exact) mass is 375 g/mol. The highest BCUT2D eigenvalue weighted by molar-refractivity contribution is 9.10. The Hall–Kier alpha value is -1.10. The topological polar surface area (TPSA) is 39.4 Å². The van der Waals surface area contributed by atoms with Gasteiger partial charge in [-0.25, -0.2) is 0 Å². The van der Waals surface area contributed by atoms with Crippen molar-refractivity contribution in [2.45, 2.75) is 50.9 Å². The van der Waals surface area contributed by atoms with Crippen LogP contribution >= 0.6 is 15.9 Å². The van der Waals surface area contributed by atoms with Gasteiger partial charge in [0.25, 0.3) is 0 Å². The van der Waals surface area contributed by atoms with Gasteiger partial charge in [-0.1, -0.05) is 12.8 Å². The van der Waals surface area contributed by atoms with Crippen molar-refractivity contribution < 1.29 is 4.74 Å². The first-order valence-electron chi connectivity index (χ1n) is 8.93. The molecule has 0 spiro atoms. The molecular weight excluding hydrogens is 354 g/mol. The van der Waals surface area contributed by atoms with Crippen LogP contribution < -0.4 is 4.74 Å². The largest absolute Gasteiger partial charge is 0.493 e. The molecule has 0 radical (unpaired) electrons. The van der Waals surface area contributed by atoms with Gasteiger partial charge in [-0.05, 0) is 71.7 Å². The summed E-state index contributed by atoms with van der Waals surface area (Å²) in [5.41, 5.74) is 2.19. The molecule has 0 saturated heterocycles. The van der Waals surface area contributed by atoms with E-state index in [1.165, 1.54) is 50.5 Å². The van der Waals surface area contributed by atoms with Crippen molar-refractivity contribution in [1.29, 1.82) is 0 Å². The first-order valence-corrected chi connectivity index (χ1v) is 9.72. The fourth-order valence-corrected chi connectivity index (χ4v) is 5.08. The van der Waals surface area contributed by atoms with E-state index in [1.807, 2.05) is 4.40 Å². The van der Waals surface area contributed by atoms with Crippen LogP contribution in [0.15, 0.2) is 17.0 Å². The number of aromatic nitrogens is 3. The molecule has 2 bridgehead atoms. The van der Waals surface area contributed by atoms with E-state index in [4.69, 9.17) is 4.74 Å². The quantitative estimate of drug-likeness (QED) is 0.785. The van der Waals surface area contributed by atoms with Crippen LogP contribution in [0.1, 0.15) is 56.4 Å². The number of ether oxygens (including phenoxy) is 1. The molecule has 3 aliphatic rings. The van der Waals surface area contributed by atoms with Crippen LogP contribution in [-0.2, 0) is 0 Å². The van der Waals surface area contributed by atoms with Crippen LogP contribution in [0.2, 0.25) is 0 Å². The van der Waals surface area contributed by atoms with Crippen LogP contribution in [-0.4, -0.2) is 21.2 Å². The van der Waals surface area contributed by atoms with Gasteiger partial charge in [0.05, 0.1) is 6.61 Å². The molecule has 3 atom stereocenters. The third-order valence-corrected chi connectivity index (χ3v) is 6.51. The summed E-state index contributed by atoms with van der Waals surface area (Å²) in [6, 6.07) is 2.07. The van der Waals surface area contributed by atoms with Gasteiger partial charge in [0.1, 0.15) is 5.75 Å². The summed E-state index contributed by atoms with van der Waals surface area (Å²) in [6.07, 6.45) is 11.8. The molecule has 5 rings (SSSR count). The Morgan fingerprint density at radius 3 is 2.61 bits per heavy atom. The van der Waals surface area contributed by atoms with E-state index in [9.17, 15) is 0 Å². The van der Waals surface area contributed by atoms with Crippen molar-refractivity contribution >= 4 is 21.6 Å². The van der Waals surface area contributed by atoms with Gasteiger partial charge in [0.15, 0.2) is 5.65 Å². The van der Waals surface area contributed by atoms with Crippen molar-refractivity contribution in [2.24, 2.45) is 17.8 Å². The zero-order valence-corrected chi connectivity index (χ0v) is 14.8. The zero-order valence-electron chi connectivity index (χ0n) is 13.2. The maximum Gasteiger partial charge on any atom is 0.204 e. The number of nitrogens with zero attached hydrogens (tertiary/aromatic N) is 3. The highest BCUT2D eigenvalue weighted by atomic mass is 79.9. The second-order valence-electron chi connectivity index (χ2n) is 7.76. The molecule has 23 heavy (non-hydrogen) atoms. The van der Waals surface area contributed by atoms with Crippen LogP contribution in [0.5, 0.6) is 5.75 Å². The summed E-state index contributed by atoms with van der Waals surface area (Å²) < 4.78 is 9.11. The van der Waals surface area contributed by atoms with E-state index in [0.29, 0.717) is 5.92 Å². The van der Waals surface area contributed by atoms with Gasteiger partial charge in [-0.3, -0.25) is 4.40 Å². The predicted octanol–water partition coefficient (Wildman–Crippen LogP) is 4.57. The minimum Gasteiger partial charge on any atom is -0.493 e. The van der Waals surface area contributed by atoms with E-state index in [2.05, 4.69) is 38.4 Å². The number of fused-ring (bicyclic) bond motifs is 3. The van der Waals surface area contributed by atoms with E-state index >= 15 is 0 Å². The van der Waals surface area contributed by atoms with E-state index in [0.717, 1.165) is 40.5 Å². The summed E-state index contributed by atoms with van der Waals surface area (Å²) in [5.74, 6) is 4.39. The van der Waals surface area contributed by atoms with E-state index < -0.39 is 0 Å². The highest BCUT2D eigenvalue weighted by Crippen LogP contribution is 2.46. The molecule has 4 nitrogen and oxygen atoms in total. The average Bonchev–Trinajstić information content (AvgIpc) is 3.27. The summed E-state index contributed by atoms with van der Waals surface area (Å²) in [7, 11) is 0. The van der Waals surface area contributed by atoms with Crippen LogP contribution in [0.25, 0.3) is 5.65 Å². The Morgan fingerprint density at radius 2 is 1.87 bits per heavy atom. The molecule has 3 saturated carbocycles. The Bertz CT molecular complexity index is 727. The van der Waals surface area contributed by atoms with Crippen LogP contribution in [0, 0.1) is 17.8 Å². The molecular formula is C18H22BrN3O. The molecule has 122 valence electrons. The fourth-order valence-electron chi connectivity index (χ4n) is 4.72. The zero-order chi connectivity index (χ0) is 15.4. The second-order valence-corrected chi connectivity index (χ2v) is 8.47. The maximum atomic E-state index is 6.32.